The van der Waals surface area contributed by atoms with Crippen molar-refractivity contribution in [3.8, 4) is 11.5 Å². The van der Waals surface area contributed by atoms with Gasteiger partial charge >= 0.3 is 0 Å². The van der Waals surface area contributed by atoms with Crippen molar-refractivity contribution >= 4 is 29.9 Å². The van der Waals surface area contributed by atoms with Gasteiger partial charge in [0.05, 0.1) is 6.54 Å². The number of halogens is 1. The van der Waals surface area contributed by atoms with Crippen molar-refractivity contribution in [2.45, 2.75) is 26.4 Å². The van der Waals surface area contributed by atoms with E-state index in [9.17, 15) is 0 Å². The standard InChI is InChI=1S/C16H25N3O2.HI/c1-12(2)8-9-18-16(17-3)19-10-13-11-20-14-6-4-5-7-15(14)21-13;/h4-7,12-13H,8-11H2,1-3H3,(H2,17,18,19);1H. The molecule has 2 rings (SSSR count). The number of hydrogen-bond acceptors (Lipinski definition) is 3. The zero-order valence-electron chi connectivity index (χ0n) is 13.5. The Hall–Kier alpha value is -1.18. The molecule has 0 radical (unpaired) electrons. The van der Waals surface area contributed by atoms with Crippen LogP contribution < -0.4 is 20.1 Å². The second-order valence-electron chi connectivity index (χ2n) is 5.56. The van der Waals surface area contributed by atoms with Gasteiger partial charge in [-0.25, -0.2) is 0 Å². The highest BCUT2D eigenvalue weighted by Crippen LogP contribution is 2.30. The number of rotatable bonds is 5. The second kappa shape index (κ2) is 9.76. The summed E-state index contributed by atoms with van der Waals surface area (Å²) in [6.07, 6.45) is 1.11. The summed E-state index contributed by atoms with van der Waals surface area (Å²) in [4.78, 5) is 4.21. The second-order valence-corrected chi connectivity index (χ2v) is 5.56. The average Bonchev–Trinajstić information content (AvgIpc) is 2.50. The van der Waals surface area contributed by atoms with E-state index in [0.717, 1.165) is 30.4 Å². The van der Waals surface area contributed by atoms with Gasteiger partial charge in [0.25, 0.3) is 0 Å². The van der Waals surface area contributed by atoms with Crippen molar-refractivity contribution in [1.82, 2.24) is 10.6 Å². The highest BCUT2D eigenvalue weighted by Gasteiger charge is 2.20. The molecule has 124 valence electrons. The Morgan fingerprint density at radius 1 is 1.27 bits per heavy atom. The molecule has 5 nitrogen and oxygen atoms in total. The van der Waals surface area contributed by atoms with E-state index in [0.29, 0.717) is 19.1 Å². The Bertz CT molecular complexity index is 480. The van der Waals surface area contributed by atoms with Crippen LogP contribution in [0.3, 0.4) is 0 Å². The summed E-state index contributed by atoms with van der Waals surface area (Å²) in [6, 6.07) is 7.74. The lowest BCUT2D eigenvalue weighted by Gasteiger charge is -2.27. The van der Waals surface area contributed by atoms with Crippen LogP contribution in [0.15, 0.2) is 29.3 Å². The molecule has 0 amide bonds. The number of guanidine groups is 1. The van der Waals surface area contributed by atoms with Crippen molar-refractivity contribution in [3.05, 3.63) is 24.3 Å². The van der Waals surface area contributed by atoms with Crippen molar-refractivity contribution < 1.29 is 9.47 Å². The lowest BCUT2D eigenvalue weighted by Crippen LogP contribution is -2.45. The van der Waals surface area contributed by atoms with Crippen LogP contribution in [-0.4, -0.2) is 38.8 Å². The lowest BCUT2D eigenvalue weighted by atomic mass is 10.1. The van der Waals surface area contributed by atoms with Gasteiger partial charge in [-0.3, -0.25) is 4.99 Å². The van der Waals surface area contributed by atoms with E-state index in [1.54, 1.807) is 7.05 Å². The Morgan fingerprint density at radius 2 is 2.00 bits per heavy atom. The predicted molar refractivity (Wildman–Crippen MR) is 101 cm³/mol. The van der Waals surface area contributed by atoms with Gasteiger partial charge in [0, 0.05) is 13.6 Å². The molecule has 0 aliphatic carbocycles. The van der Waals surface area contributed by atoms with Gasteiger partial charge in [-0.1, -0.05) is 26.0 Å². The van der Waals surface area contributed by atoms with E-state index >= 15 is 0 Å². The van der Waals surface area contributed by atoms with E-state index in [2.05, 4.69) is 29.5 Å². The molecule has 1 unspecified atom stereocenters. The van der Waals surface area contributed by atoms with Crippen LogP contribution in [0.2, 0.25) is 0 Å². The number of ether oxygens (including phenoxy) is 2. The summed E-state index contributed by atoms with van der Waals surface area (Å²) in [5.74, 6) is 3.10. The van der Waals surface area contributed by atoms with E-state index in [1.165, 1.54) is 0 Å². The summed E-state index contributed by atoms with van der Waals surface area (Å²) in [5, 5.41) is 6.58. The predicted octanol–water partition coefficient (Wildman–Crippen LogP) is 2.66. The Balaban J connectivity index is 0.00000242. The zero-order valence-corrected chi connectivity index (χ0v) is 15.8. The van der Waals surface area contributed by atoms with Crippen molar-refractivity contribution in [3.63, 3.8) is 0 Å². The van der Waals surface area contributed by atoms with Crippen LogP contribution in [-0.2, 0) is 0 Å². The lowest BCUT2D eigenvalue weighted by molar-refractivity contribution is 0.0936. The molecular weight excluding hydrogens is 393 g/mol. The van der Waals surface area contributed by atoms with Gasteiger partial charge in [0.2, 0.25) is 0 Å². The molecule has 6 heteroatoms. The normalized spacial score (nSPS) is 16.9. The summed E-state index contributed by atoms with van der Waals surface area (Å²) >= 11 is 0. The molecule has 1 aliphatic heterocycles. The molecule has 0 spiro atoms. The molecule has 22 heavy (non-hydrogen) atoms. The molecule has 1 atom stereocenters. The minimum atomic E-state index is -0.0106. The van der Waals surface area contributed by atoms with E-state index in [1.807, 2.05) is 24.3 Å². The molecule has 0 saturated carbocycles. The number of para-hydroxylation sites is 2. The summed E-state index contributed by atoms with van der Waals surface area (Å²) in [5.41, 5.74) is 0. The number of hydrogen-bond donors (Lipinski definition) is 2. The van der Waals surface area contributed by atoms with Gasteiger partial charge < -0.3 is 20.1 Å². The number of benzene rings is 1. The first-order chi connectivity index (χ1) is 10.2. The van der Waals surface area contributed by atoms with Gasteiger partial charge in [-0.15, -0.1) is 24.0 Å². The topological polar surface area (TPSA) is 54.9 Å². The molecule has 0 saturated heterocycles. The fourth-order valence-corrected chi connectivity index (χ4v) is 2.07. The van der Waals surface area contributed by atoms with E-state index in [4.69, 9.17) is 9.47 Å². The number of aliphatic imine (C=N–C) groups is 1. The van der Waals surface area contributed by atoms with Crippen LogP contribution in [0.4, 0.5) is 0 Å². The third-order valence-electron chi connectivity index (χ3n) is 3.30. The summed E-state index contributed by atoms with van der Waals surface area (Å²) in [7, 11) is 1.78. The van der Waals surface area contributed by atoms with E-state index < -0.39 is 0 Å². The Kier molecular flexibility index (Phi) is 8.37. The zero-order chi connectivity index (χ0) is 15.1. The van der Waals surface area contributed by atoms with Crippen molar-refractivity contribution in [2.75, 3.05) is 26.7 Å². The van der Waals surface area contributed by atoms with Gasteiger partial charge in [0.15, 0.2) is 17.5 Å². The maximum atomic E-state index is 5.90. The SMILES string of the molecule is CN=C(NCCC(C)C)NCC1COc2ccccc2O1.I. The minimum absolute atomic E-state index is 0. The fourth-order valence-electron chi connectivity index (χ4n) is 2.07. The molecule has 1 aromatic rings. The van der Waals surface area contributed by atoms with Crippen LogP contribution >= 0.6 is 24.0 Å². The maximum Gasteiger partial charge on any atom is 0.191 e. The van der Waals surface area contributed by atoms with Crippen molar-refractivity contribution in [2.24, 2.45) is 10.9 Å². The minimum Gasteiger partial charge on any atom is -0.486 e. The fraction of sp³-hybridized carbons (Fsp3) is 0.562. The van der Waals surface area contributed by atoms with Crippen LogP contribution in [0.1, 0.15) is 20.3 Å². The molecular formula is C16H26IN3O2. The molecule has 2 N–H and O–H groups in total. The highest BCUT2D eigenvalue weighted by atomic mass is 127. The molecule has 1 heterocycles. The van der Waals surface area contributed by atoms with Crippen molar-refractivity contribution in [1.29, 1.82) is 0 Å². The summed E-state index contributed by atoms with van der Waals surface area (Å²) in [6.45, 7) is 6.55. The molecule has 0 bridgehead atoms. The smallest absolute Gasteiger partial charge is 0.191 e. The first kappa shape index (κ1) is 18.9. The molecule has 0 fully saturated rings. The maximum absolute atomic E-state index is 5.90. The van der Waals surface area contributed by atoms with Crippen LogP contribution in [0.25, 0.3) is 0 Å². The Morgan fingerprint density at radius 3 is 2.68 bits per heavy atom. The van der Waals surface area contributed by atoms with Gasteiger partial charge in [-0.05, 0) is 24.5 Å². The van der Waals surface area contributed by atoms with E-state index in [-0.39, 0.29) is 30.1 Å². The molecule has 1 aliphatic rings. The summed E-state index contributed by atoms with van der Waals surface area (Å²) < 4.78 is 11.6. The number of fused-ring (bicyclic) bond motifs is 1. The third kappa shape index (κ3) is 5.90. The van der Waals surface area contributed by atoms with Gasteiger partial charge in [0.1, 0.15) is 12.7 Å². The third-order valence-corrected chi connectivity index (χ3v) is 3.30. The average molecular weight is 419 g/mol. The molecule has 1 aromatic carbocycles. The number of nitrogens with one attached hydrogen (secondary N) is 2. The van der Waals surface area contributed by atoms with Gasteiger partial charge in [-0.2, -0.15) is 0 Å². The van der Waals surface area contributed by atoms with Crippen LogP contribution in [0, 0.1) is 5.92 Å². The highest BCUT2D eigenvalue weighted by molar-refractivity contribution is 14.0. The molecule has 0 aromatic heterocycles. The number of nitrogens with zero attached hydrogens (tertiary/aromatic N) is 1. The quantitative estimate of drug-likeness (QED) is 0.438. The monoisotopic (exact) mass is 419 g/mol. The largest absolute Gasteiger partial charge is 0.486 e. The van der Waals surface area contributed by atoms with Crippen LogP contribution in [0.5, 0.6) is 11.5 Å². The Labute approximate surface area is 149 Å². The first-order valence-corrected chi connectivity index (χ1v) is 7.52. The first-order valence-electron chi connectivity index (χ1n) is 7.52.